The van der Waals surface area contributed by atoms with Gasteiger partial charge >= 0.3 is 0 Å². The van der Waals surface area contributed by atoms with E-state index in [-0.39, 0.29) is 12.0 Å². The standard InChI is InChI=1S/C12H16BrN3O2/c1-14-7-9-8-16(5-6-18-9)12(17)11-10(13)3-2-4-15-11/h2-4,9,14H,5-8H2,1H3. The Labute approximate surface area is 115 Å². The molecular formula is C12H16BrN3O2. The van der Waals surface area contributed by atoms with Crippen LogP contribution < -0.4 is 5.32 Å². The number of rotatable bonds is 3. The predicted molar refractivity (Wildman–Crippen MR) is 71.5 cm³/mol. The summed E-state index contributed by atoms with van der Waals surface area (Å²) in [5.74, 6) is -0.0492. The van der Waals surface area contributed by atoms with E-state index in [1.54, 1.807) is 17.2 Å². The minimum Gasteiger partial charge on any atom is -0.373 e. The maximum absolute atomic E-state index is 12.3. The largest absolute Gasteiger partial charge is 0.373 e. The molecule has 1 saturated heterocycles. The van der Waals surface area contributed by atoms with Crippen molar-refractivity contribution >= 4 is 21.8 Å². The fourth-order valence-corrected chi connectivity index (χ4v) is 2.37. The summed E-state index contributed by atoms with van der Waals surface area (Å²) in [4.78, 5) is 18.2. The van der Waals surface area contributed by atoms with E-state index in [0.29, 0.717) is 25.4 Å². The third kappa shape index (κ3) is 3.07. The number of ether oxygens (including phenoxy) is 1. The van der Waals surface area contributed by atoms with Gasteiger partial charge in [0.25, 0.3) is 5.91 Å². The van der Waals surface area contributed by atoms with Crippen LogP contribution in [0.2, 0.25) is 0 Å². The molecule has 1 aliphatic heterocycles. The quantitative estimate of drug-likeness (QED) is 0.901. The van der Waals surface area contributed by atoms with Crippen LogP contribution in [-0.4, -0.2) is 55.2 Å². The number of carbonyl (C=O) groups is 1. The normalized spacial score (nSPS) is 19.9. The number of nitrogens with zero attached hydrogens (tertiary/aromatic N) is 2. The molecule has 0 saturated carbocycles. The van der Waals surface area contributed by atoms with Gasteiger partial charge in [0, 0.05) is 30.3 Å². The Kier molecular flexibility index (Phi) is 4.68. The van der Waals surface area contributed by atoms with Crippen molar-refractivity contribution in [3.63, 3.8) is 0 Å². The van der Waals surface area contributed by atoms with Gasteiger partial charge in [0.1, 0.15) is 5.69 Å². The first-order valence-electron chi connectivity index (χ1n) is 5.88. The molecular weight excluding hydrogens is 298 g/mol. The number of morpholine rings is 1. The van der Waals surface area contributed by atoms with Crippen molar-refractivity contribution in [3.05, 3.63) is 28.5 Å². The lowest BCUT2D eigenvalue weighted by molar-refractivity contribution is -0.0198. The van der Waals surface area contributed by atoms with Gasteiger partial charge in [-0.3, -0.25) is 4.79 Å². The maximum atomic E-state index is 12.3. The van der Waals surface area contributed by atoms with E-state index < -0.39 is 0 Å². The van der Waals surface area contributed by atoms with Crippen molar-refractivity contribution in [2.45, 2.75) is 6.10 Å². The zero-order chi connectivity index (χ0) is 13.0. The second-order valence-electron chi connectivity index (χ2n) is 4.14. The lowest BCUT2D eigenvalue weighted by Gasteiger charge is -2.32. The molecule has 1 atom stereocenters. The van der Waals surface area contributed by atoms with Crippen LogP contribution in [-0.2, 0) is 4.74 Å². The van der Waals surface area contributed by atoms with Gasteiger partial charge in [-0.25, -0.2) is 4.98 Å². The van der Waals surface area contributed by atoms with E-state index >= 15 is 0 Å². The smallest absolute Gasteiger partial charge is 0.273 e. The Morgan fingerprint density at radius 2 is 2.56 bits per heavy atom. The number of halogens is 1. The van der Waals surface area contributed by atoms with Gasteiger partial charge in [0.05, 0.1) is 12.7 Å². The second kappa shape index (κ2) is 6.26. The molecule has 2 rings (SSSR count). The first-order chi connectivity index (χ1) is 8.72. The summed E-state index contributed by atoms with van der Waals surface area (Å²) in [6.07, 6.45) is 1.68. The molecule has 0 radical (unpaired) electrons. The van der Waals surface area contributed by atoms with E-state index in [9.17, 15) is 4.79 Å². The van der Waals surface area contributed by atoms with Crippen molar-refractivity contribution in [2.75, 3.05) is 33.3 Å². The highest BCUT2D eigenvalue weighted by molar-refractivity contribution is 9.10. The van der Waals surface area contributed by atoms with Crippen LogP contribution in [0.25, 0.3) is 0 Å². The van der Waals surface area contributed by atoms with Crippen LogP contribution in [0.3, 0.4) is 0 Å². The molecule has 1 aromatic rings. The number of hydrogen-bond donors (Lipinski definition) is 1. The number of hydrogen-bond acceptors (Lipinski definition) is 4. The van der Waals surface area contributed by atoms with Gasteiger partial charge in [-0.15, -0.1) is 0 Å². The van der Waals surface area contributed by atoms with Crippen molar-refractivity contribution in [2.24, 2.45) is 0 Å². The summed E-state index contributed by atoms with van der Waals surface area (Å²) in [5.41, 5.74) is 0.461. The van der Waals surface area contributed by atoms with Gasteiger partial charge in [0.2, 0.25) is 0 Å². The highest BCUT2D eigenvalue weighted by atomic mass is 79.9. The Morgan fingerprint density at radius 1 is 1.72 bits per heavy atom. The molecule has 0 bridgehead atoms. The monoisotopic (exact) mass is 313 g/mol. The fourth-order valence-electron chi connectivity index (χ4n) is 1.95. The molecule has 0 spiro atoms. The fraction of sp³-hybridized carbons (Fsp3) is 0.500. The van der Waals surface area contributed by atoms with Gasteiger partial charge in [-0.2, -0.15) is 0 Å². The number of likely N-dealkylation sites (N-methyl/N-ethyl adjacent to an activating group) is 1. The highest BCUT2D eigenvalue weighted by Gasteiger charge is 2.26. The van der Waals surface area contributed by atoms with Gasteiger partial charge in [-0.1, -0.05) is 0 Å². The number of pyridine rings is 1. The number of carbonyl (C=O) groups excluding carboxylic acids is 1. The zero-order valence-corrected chi connectivity index (χ0v) is 11.8. The first kappa shape index (κ1) is 13.5. The van der Waals surface area contributed by atoms with E-state index in [4.69, 9.17) is 4.74 Å². The first-order valence-corrected chi connectivity index (χ1v) is 6.67. The summed E-state index contributed by atoms with van der Waals surface area (Å²) < 4.78 is 6.30. The van der Waals surface area contributed by atoms with Crippen LogP contribution in [0.1, 0.15) is 10.5 Å². The van der Waals surface area contributed by atoms with Crippen LogP contribution >= 0.6 is 15.9 Å². The minimum absolute atomic E-state index is 0.0492. The van der Waals surface area contributed by atoms with Crippen LogP contribution in [0.4, 0.5) is 0 Å². The van der Waals surface area contributed by atoms with Gasteiger partial charge in [-0.05, 0) is 35.1 Å². The summed E-state index contributed by atoms with van der Waals surface area (Å²) in [7, 11) is 1.87. The molecule has 0 aromatic carbocycles. The molecule has 2 heterocycles. The van der Waals surface area contributed by atoms with E-state index in [1.165, 1.54) is 0 Å². The van der Waals surface area contributed by atoms with Crippen LogP contribution in [0.15, 0.2) is 22.8 Å². The Morgan fingerprint density at radius 3 is 3.28 bits per heavy atom. The number of nitrogens with one attached hydrogen (secondary N) is 1. The molecule has 18 heavy (non-hydrogen) atoms. The summed E-state index contributed by atoms with van der Waals surface area (Å²) in [6.45, 7) is 2.53. The van der Waals surface area contributed by atoms with Crippen molar-refractivity contribution in [1.29, 1.82) is 0 Å². The topological polar surface area (TPSA) is 54.5 Å². The molecule has 1 N–H and O–H groups in total. The van der Waals surface area contributed by atoms with Crippen molar-refractivity contribution in [1.82, 2.24) is 15.2 Å². The van der Waals surface area contributed by atoms with E-state index in [2.05, 4.69) is 26.2 Å². The van der Waals surface area contributed by atoms with E-state index in [1.807, 2.05) is 13.1 Å². The number of aromatic nitrogens is 1. The third-order valence-corrected chi connectivity index (χ3v) is 3.46. The number of amides is 1. The molecule has 1 aliphatic rings. The average Bonchev–Trinajstić information content (AvgIpc) is 2.39. The molecule has 98 valence electrons. The van der Waals surface area contributed by atoms with Crippen LogP contribution in [0, 0.1) is 0 Å². The molecule has 5 nitrogen and oxygen atoms in total. The SMILES string of the molecule is CNCC1CN(C(=O)c2ncccc2Br)CCO1. The highest BCUT2D eigenvalue weighted by Crippen LogP contribution is 2.17. The predicted octanol–water partition coefficient (Wildman–Crippen LogP) is 0.904. The zero-order valence-electron chi connectivity index (χ0n) is 10.2. The summed E-state index contributed by atoms with van der Waals surface area (Å²) in [6, 6.07) is 3.62. The van der Waals surface area contributed by atoms with Gasteiger partial charge < -0.3 is 15.0 Å². The van der Waals surface area contributed by atoms with Crippen molar-refractivity contribution < 1.29 is 9.53 Å². The lowest BCUT2D eigenvalue weighted by atomic mass is 10.2. The molecule has 1 fully saturated rings. The van der Waals surface area contributed by atoms with Crippen molar-refractivity contribution in [3.8, 4) is 0 Å². The molecule has 1 amide bonds. The average molecular weight is 314 g/mol. The van der Waals surface area contributed by atoms with Crippen LogP contribution in [0.5, 0.6) is 0 Å². The Hall–Kier alpha value is -0.980. The molecule has 0 aliphatic carbocycles. The summed E-state index contributed by atoms with van der Waals surface area (Å²) in [5, 5.41) is 3.06. The summed E-state index contributed by atoms with van der Waals surface area (Å²) >= 11 is 3.36. The molecule has 1 unspecified atom stereocenters. The van der Waals surface area contributed by atoms with E-state index in [0.717, 1.165) is 11.0 Å². The Bertz CT molecular complexity index is 426. The van der Waals surface area contributed by atoms with Gasteiger partial charge in [0.15, 0.2) is 0 Å². The Balaban J connectivity index is 2.07. The molecule has 6 heteroatoms. The lowest BCUT2D eigenvalue weighted by Crippen LogP contribution is -2.48. The third-order valence-electron chi connectivity index (χ3n) is 2.82. The second-order valence-corrected chi connectivity index (χ2v) is 4.99. The molecule has 1 aromatic heterocycles. The maximum Gasteiger partial charge on any atom is 0.273 e. The minimum atomic E-state index is -0.0492.